The van der Waals surface area contributed by atoms with Gasteiger partial charge in [-0.25, -0.2) is 17.9 Å². The van der Waals surface area contributed by atoms with Crippen LogP contribution in [0.5, 0.6) is 5.75 Å². The first-order valence-electron chi connectivity index (χ1n) is 6.05. The van der Waals surface area contributed by atoms with Gasteiger partial charge in [-0.05, 0) is 30.3 Å². The monoisotopic (exact) mass is 290 g/mol. The van der Waals surface area contributed by atoms with Crippen molar-refractivity contribution in [2.45, 2.75) is 0 Å². The molecule has 0 saturated heterocycles. The summed E-state index contributed by atoms with van der Waals surface area (Å²) in [7, 11) is 0. The molecule has 3 rings (SSSR count). The minimum Gasteiger partial charge on any atom is -0.507 e. The van der Waals surface area contributed by atoms with E-state index < -0.39 is 17.5 Å². The van der Waals surface area contributed by atoms with Crippen LogP contribution in [0.2, 0.25) is 0 Å². The maximum Gasteiger partial charge on any atom is 0.151 e. The summed E-state index contributed by atoms with van der Waals surface area (Å²) in [5.41, 5.74) is 0.106. The van der Waals surface area contributed by atoms with E-state index in [1.54, 1.807) is 0 Å². The van der Waals surface area contributed by atoms with Crippen molar-refractivity contribution in [2.24, 2.45) is 0 Å². The molecule has 0 unspecified atom stereocenters. The first-order chi connectivity index (χ1) is 10.1. The van der Waals surface area contributed by atoms with Crippen molar-refractivity contribution in [3.63, 3.8) is 0 Å². The SMILES string of the molecule is Oc1cc(F)ccc1-c1ccnn1-c1c(F)cccc1F. The van der Waals surface area contributed by atoms with Crippen LogP contribution in [0.15, 0.2) is 48.7 Å². The number of benzene rings is 2. The molecule has 0 amide bonds. The Kier molecular flexibility index (Phi) is 3.13. The third kappa shape index (κ3) is 2.24. The van der Waals surface area contributed by atoms with Crippen LogP contribution in [0.4, 0.5) is 13.2 Å². The summed E-state index contributed by atoms with van der Waals surface area (Å²) in [6.07, 6.45) is 1.34. The van der Waals surface area contributed by atoms with Crippen LogP contribution in [0.25, 0.3) is 16.9 Å². The number of halogens is 3. The van der Waals surface area contributed by atoms with Crippen molar-refractivity contribution >= 4 is 0 Å². The van der Waals surface area contributed by atoms with Gasteiger partial charge in [0.1, 0.15) is 17.3 Å². The standard InChI is InChI=1S/C15H9F3N2O/c16-9-4-5-10(14(21)8-9)13-6-7-19-20(13)15-11(17)2-1-3-12(15)18/h1-8,21H. The molecule has 6 heteroatoms. The minimum absolute atomic E-state index is 0.219. The zero-order valence-electron chi connectivity index (χ0n) is 10.6. The molecule has 106 valence electrons. The van der Waals surface area contributed by atoms with Crippen LogP contribution in [-0.4, -0.2) is 14.9 Å². The predicted octanol–water partition coefficient (Wildman–Crippen LogP) is 3.66. The Bertz CT molecular complexity index is 794. The summed E-state index contributed by atoms with van der Waals surface area (Å²) in [6, 6.07) is 8.31. The van der Waals surface area contributed by atoms with Gasteiger partial charge in [0.15, 0.2) is 11.6 Å². The molecule has 1 heterocycles. The van der Waals surface area contributed by atoms with E-state index in [0.717, 1.165) is 28.9 Å². The smallest absolute Gasteiger partial charge is 0.151 e. The lowest BCUT2D eigenvalue weighted by Gasteiger charge is -2.10. The summed E-state index contributed by atoms with van der Waals surface area (Å²) >= 11 is 0. The van der Waals surface area contributed by atoms with Crippen LogP contribution in [0.1, 0.15) is 0 Å². The van der Waals surface area contributed by atoms with Crippen LogP contribution < -0.4 is 0 Å². The second-order valence-corrected chi connectivity index (χ2v) is 4.36. The zero-order valence-corrected chi connectivity index (χ0v) is 10.6. The third-order valence-electron chi connectivity index (χ3n) is 3.03. The van der Waals surface area contributed by atoms with E-state index in [1.165, 1.54) is 24.4 Å². The fourth-order valence-electron chi connectivity index (χ4n) is 2.10. The molecule has 0 spiro atoms. The van der Waals surface area contributed by atoms with E-state index in [0.29, 0.717) is 0 Å². The lowest BCUT2D eigenvalue weighted by atomic mass is 10.1. The molecule has 1 aromatic heterocycles. The molecule has 0 saturated carbocycles. The largest absolute Gasteiger partial charge is 0.507 e. The van der Waals surface area contributed by atoms with Gasteiger partial charge in [0.25, 0.3) is 0 Å². The maximum atomic E-state index is 13.9. The Morgan fingerprint density at radius 1 is 0.952 bits per heavy atom. The number of aromatic hydroxyl groups is 1. The van der Waals surface area contributed by atoms with Gasteiger partial charge < -0.3 is 5.11 Å². The van der Waals surface area contributed by atoms with Gasteiger partial charge in [0, 0.05) is 11.6 Å². The number of hydrogen-bond donors (Lipinski definition) is 1. The summed E-state index contributed by atoms with van der Waals surface area (Å²) in [4.78, 5) is 0. The van der Waals surface area contributed by atoms with Crippen LogP contribution >= 0.6 is 0 Å². The minimum atomic E-state index is -0.790. The molecule has 3 nitrogen and oxygen atoms in total. The molecule has 3 aromatic rings. The Hall–Kier alpha value is -2.76. The predicted molar refractivity (Wildman–Crippen MR) is 70.5 cm³/mol. The van der Waals surface area contributed by atoms with Crippen molar-refractivity contribution in [2.75, 3.05) is 0 Å². The van der Waals surface area contributed by atoms with Gasteiger partial charge in [-0.2, -0.15) is 5.10 Å². The number of para-hydroxylation sites is 1. The molecule has 0 radical (unpaired) electrons. The number of nitrogens with zero attached hydrogens (tertiary/aromatic N) is 2. The highest BCUT2D eigenvalue weighted by atomic mass is 19.1. The first-order valence-corrected chi connectivity index (χ1v) is 6.05. The average Bonchev–Trinajstić information content (AvgIpc) is 2.87. The van der Waals surface area contributed by atoms with Gasteiger partial charge in [0.2, 0.25) is 0 Å². The molecule has 0 fully saturated rings. The number of aromatic nitrogens is 2. The quantitative estimate of drug-likeness (QED) is 0.782. The van der Waals surface area contributed by atoms with E-state index in [1.807, 2.05) is 0 Å². The van der Waals surface area contributed by atoms with Crippen molar-refractivity contribution in [3.8, 4) is 22.7 Å². The molecular weight excluding hydrogens is 281 g/mol. The summed E-state index contributed by atoms with van der Waals surface area (Å²) < 4.78 is 41.8. The molecule has 0 atom stereocenters. The van der Waals surface area contributed by atoms with Gasteiger partial charge in [-0.3, -0.25) is 0 Å². The van der Waals surface area contributed by atoms with E-state index in [4.69, 9.17) is 0 Å². The van der Waals surface area contributed by atoms with E-state index in [-0.39, 0.29) is 22.7 Å². The van der Waals surface area contributed by atoms with Gasteiger partial charge in [0.05, 0.1) is 11.9 Å². The first kappa shape index (κ1) is 13.2. The molecular formula is C15H9F3N2O. The fraction of sp³-hybridized carbons (Fsp3) is 0. The second kappa shape index (κ2) is 4.97. The van der Waals surface area contributed by atoms with Gasteiger partial charge >= 0.3 is 0 Å². The topological polar surface area (TPSA) is 38.1 Å². The van der Waals surface area contributed by atoms with Gasteiger partial charge in [-0.1, -0.05) is 6.07 Å². The molecule has 21 heavy (non-hydrogen) atoms. The molecule has 0 aliphatic carbocycles. The highest BCUT2D eigenvalue weighted by Crippen LogP contribution is 2.32. The molecule has 0 aliphatic heterocycles. The highest BCUT2D eigenvalue weighted by Gasteiger charge is 2.17. The van der Waals surface area contributed by atoms with Crippen LogP contribution in [0.3, 0.4) is 0 Å². The summed E-state index contributed by atoms with van der Waals surface area (Å²) in [6.45, 7) is 0. The average molecular weight is 290 g/mol. The number of rotatable bonds is 2. The lowest BCUT2D eigenvalue weighted by Crippen LogP contribution is -2.05. The Morgan fingerprint density at radius 2 is 1.67 bits per heavy atom. The second-order valence-electron chi connectivity index (χ2n) is 4.36. The lowest BCUT2D eigenvalue weighted by molar-refractivity contribution is 0.470. The van der Waals surface area contributed by atoms with E-state index in [9.17, 15) is 18.3 Å². The molecule has 0 aliphatic rings. The van der Waals surface area contributed by atoms with Gasteiger partial charge in [-0.15, -0.1) is 0 Å². The van der Waals surface area contributed by atoms with E-state index in [2.05, 4.69) is 5.10 Å². The molecule has 1 N–H and O–H groups in total. The Morgan fingerprint density at radius 3 is 2.33 bits per heavy atom. The summed E-state index contributed by atoms with van der Waals surface area (Å²) in [5.74, 6) is -2.53. The molecule has 0 bridgehead atoms. The Balaban J connectivity index is 2.22. The third-order valence-corrected chi connectivity index (χ3v) is 3.03. The van der Waals surface area contributed by atoms with Crippen molar-refractivity contribution in [1.29, 1.82) is 0 Å². The number of hydrogen-bond acceptors (Lipinski definition) is 2. The van der Waals surface area contributed by atoms with Crippen molar-refractivity contribution in [1.82, 2.24) is 9.78 Å². The normalized spacial score (nSPS) is 10.8. The maximum absolute atomic E-state index is 13.9. The van der Waals surface area contributed by atoms with Crippen LogP contribution in [-0.2, 0) is 0 Å². The van der Waals surface area contributed by atoms with Crippen molar-refractivity contribution < 1.29 is 18.3 Å². The Labute approximate surface area is 117 Å². The zero-order chi connectivity index (χ0) is 15.0. The van der Waals surface area contributed by atoms with Crippen LogP contribution in [0, 0.1) is 17.5 Å². The number of phenols is 1. The van der Waals surface area contributed by atoms with E-state index >= 15 is 0 Å². The highest BCUT2D eigenvalue weighted by molar-refractivity contribution is 5.68. The molecule has 2 aromatic carbocycles. The number of phenolic OH excluding ortho intramolecular Hbond substituents is 1. The summed E-state index contributed by atoms with van der Waals surface area (Å²) in [5, 5.41) is 13.7. The fourth-order valence-corrected chi connectivity index (χ4v) is 2.10. The van der Waals surface area contributed by atoms with Crippen molar-refractivity contribution in [3.05, 3.63) is 66.1 Å².